The van der Waals surface area contributed by atoms with Gasteiger partial charge in [0.2, 0.25) is 0 Å². The molecule has 1 heterocycles. The van der Waals surface area contributed by atoms with E-state index in [9.17, 15) is 13.2 Å². The lowest BCUT2D eigenvalue weighted by molar-refractivity contribution is 0.442. The molecule has 0 saturated carbocycles. The zero-order valence-electron chi connectivity index (χ0n) is 8.88. The van der Waals surface area contributed by atoms with E-state index in [-0.39, 0.29) is 5.56 Å². The van der Waals surface area contributed by atoms with Crippen molar-refractivity contribution in [2.45, 2.75) is 6.04 Å². The number of thiophene rings is 1. The summed E-state index contributed by atoms with van der Waals surface area (Å²) in [5.74, 6) is 1.43. The van der Waals surface area contributed by atoms with Gasteiger partial charge in [0.05, 0.1) is 6.04 Å². The van der Waals surface area contributed by atoms with Gasteiger partial charge in [-0.05, 0) is 44.6 Å². The first kappa shape index (κ1) is 13.5. The fourth-order valence-corrected chi connectivity index (χ4v) is 3.16. The average molecular weight is 337 g/mol. The highest BCUT2D eigenvalue weighted by Crippen LogP contribution is 2.32. The second-order valence-electron chi connectivity index (χ2n) is 3.57. The number of nitrogens with one attached hydrogen (secondary N) is 1. The molecule has 7 heteroatoms. The molecular formula is C11H8BrF3N2S. The molecule has 0 saturated heterocycles. The summed E-state index contributed by atoms with van der Waals surface area (Å²) in [5.41, 5.74) is 3.40. The van der Waals surface area contributed by atoms with Crippen molar-refractivity contribution in [1.82, 2.24) is 5.43 Å². The molecule has 0 bridgehead atoms. The van der Waals surface area contributed by atoms with Crippen LogP contribution in [-0.2, 0) is 0 Å². The van der Waals surface area contributed by atoms with Gasteiger partial charge in [0.1, 0.15) is 0 Å². The molecule has 0 aliphatic heterocycles. The van der Waals surface area contributed by atoms with Gasteiger partial charge in [0.15, 0.2) is 17.5 Å². The summed E-state index contributed by atoms with van der Waals surface area (Å²) in [5, 5.41) is 3.60. The van der Waals surface area contributed by atoms with Crippen molar-refractivity contribution >= 4 is 27.3 Å². The Bertz CT molecular complexity index is 550. The summed E-state index contributed by atoms with van der Waals surface area (Å²) in [4.78, 5) is 0. The molecule has 3 N–H and O–H groups in total. The van der Waals surface area contributed by atoms with E-state index in [1.165, 1.54) is 11.3 Å². The predicted molar refractivity (Wildman–Crippen MR) is 67.5 cm³/mol. The molecule has 2 rings (SSSR count). The summed E-state index contributed by atoms with van der Waals surface area (Å²) in [6.45, 7) is 0. The Morgan fingerprint density at radius 1 is 1.17 bits per heavy atom. The molecule has 0 spiro atoms. The van der Waals surface area contributed by atoms with Gasteiger partial charge in [-0.1, -0.05) is 0 Å². The molecule has 18 heavy (non-hydrogen) atoms. The zero-order valence-corrected chi connectivity index (χ0v) is 11.3. The molecule has 96 valence electrons. The summed E-state index contributed by atoms with van der Waals surface area (Å²) in [7, 11) is 0. The molecule has 2 nitrogen and oxygen atoms in total. The normalized spacial score (nSPS) is 12.7. The van der Waals surface area contributed by atoms with Crippen molar-refractivity contribution in [1.29, 1.82) is 0 Å². The number of hydrazine groups is 1. The van der Waals surface area contributed by atoms with Crippen LogP contribution in [0.3, 0.4) is 0 Å². The molecule has 0 aliphatic carbocycles. The van der Waals surface area contributed by atoms with Crippen molar-refractivity contribution in [2.75, 3.05) is 0 Å². The van der Waals surface area contributed by atoms with Crippen molar-refractivity contribution in [3.8, 4) is 0 Å². The number of nitrogens with two attached hydrogens (primary N) is 1. The number of hydrogen-bond donors (Lipinski definition) is 2. The van der Waals surface area contributed by atoms with Gasteiger partial charge in [-0.2, -0.15) is 11.3 Å². The maximum atomic E-state index is 13.2. The van der Waals surface area contributed by atoms with E-state index in [1.807, 2.05) is 5.38 Å². The number of hydrogen-bond acceptors (Lipinski definition) is 3. The highest BCUT2D eigenvalue weighted by Gasteiger charge is 2.20. The van der Waals surface area contributed by atoms with Crippen molar-refractivity contribution in [2.24, 2.45) is 5.84 Å². The monoisotopic (exact) mass is 336 g/mol. The molecule has 0 aliphatic rings. The van der Waals surface area contributed by atoms with Gasteiger partial charge in [0, 0.05) is 9.85 Å². The van der Waals surface area contributed by atoms with Crippen LogP contribution in [0.25, 0.3) is 0 Å². The van der Waals surface area contributed by atoms with Crippen LogP contribution >= 0.6 is 27.3 Å². The summed E-state index contributed by atoms with van der Waals surface area (Å²) in [6.07, 6.45) is 0. The van der Waals surface area contributed by atoms with Gasteiger partial charge >= 0.3 is 0 Å². The molecule has 1 aromatic carbocycles. The maximum absolute atomic E-state index is 13.2. The van der Waals surface area contributed by atoms with Crippen molar-refractivity contribution in [3.63, 3.8) is 0 Å². The topological polar surface area (TPSA) is 38.0 Å². The second kappa shape index (κ2) is 5.40. The Kier molecular flexibility index (Phi) is 4.06. The number of rotatable bonds is 3. The maximum Gasteiger partial charge on any atom is 0.194 e. The fraction of sp³-hybridized carbons (Fsp3) is 0.0909. The molecule has 2 aromatic rings. The molecule has 1 atom stereocenters. The molecule has 1 aromatic heterocycles. The lowest BCUT2D eigenvalue weighted by Crippen LogP contribution is -2.29. The smallest absolute Gasteiger partial charge is 0.194 e. The minimum Gasteiger partial charge on any atom is -0.271 e. The largest absolute Gasteiger partial charge is 0.271 e. The van der Waals surface area contributed by atoms with E-state index in [4.69, 9.17) is 5.84 Å². The predicted octanol–water partition coefficient (Wildman–Crippen LogP) is 3.48. The van der Waals surface area contributed by atoms with Gasteiger partial charge in [-0.25, -0.2) is 18.6 Å². The number of halogens is 4. The standard InChI is InChI=1S/C11H8BrF3N2S/c12-7-4-18-3-6(7)11(17-16)5-1-8(13)10(15)9(14)2-5/h1-4,11,17H,16H2. The Hall–Kier alpha value is -0.890. The quantitative estimate of drug-likeness (QED) is 0.511. The Morgan fingerprint density at radius 3 is 2.22 bits per heavy atom. The van der Waals surface area contributed by atoms with Crippen LogP contribution in [0.15, 0.2) is 27.4 Å². The van der Waals surface area contributed by atoms with Crippen LogP contribution in [0.5, 0.6) is 0 Å². The van der Waals surface area contributed by atoms with E-state index in [1.54, 1.807) is 5.38 Å². The lowest BCUT2D eigenvalue weighted by Gasteiger charge is -2.16. The minimum atomic E-state index is -1.49. The van der Waals surface area contributed by atoms with E-state index >= 15 is 0 Å². The Morgan fingerprint density at radius 2 is 1.78 bits per heavy atom. The van der Waals surface area contributed by atoms with E-state index in [0.29, 0.717) is 0 Å². The highest BCUT2D eigenvalue weighted by molar-refractivity contribution is 9.10. The van der Waals surface area contributed by atoms with Crippen LogP contribution in [0.4, 0.5) is 13.2 Å². The first-order chi connectivity index (χ1) is 8.54. The van der Waals surface area contributed by atoms with E-state index in [2.05, 4.69) is 21.4 Å². The van der Waals surface area contributed by atoms with Gasteiger partial charge in [-0.3, -0.25) is 5.84 Å². The third-order valence-corrected chi connectivity index (χ3v) is 4.21. The van der Waals surface area contributed by atoms with Gasteiger partial charge in [-0.15, -0.1) is 0 Å². The van der Waals surface area contributed by atoms with Crippen LogP contribution in [0.2, 0.25) is 0 Å². The lowest BCUT2D eigenvalue weighted by atomic mass is 10.0. The Balaban J connectivity index is 2.49. The molecule has 1 unspecified atom stereocenters. The second-order valence-corrected chi connectivity index (χ2v) is 5.17. The first-order valence-electron chi connectivity index (χ1n) is 4.86. The van der Waals surface area contributed by atoms with Crippen molar-refractivity contribution < 1.29 is 13.2 Å². The van der Waals surface area contributed by atoms with E-state index in [0.717, 1.165) is 22.2 Å². The van der Waals surface area contributed by atoms with Crippen molar-refractivity contribution in [3.05, 3.63) is 55.9 Å². The molecule has 0 radical (unpaired) electrons. The summed E-state index contributed by atoms with van der Waals surface area (Å²) >= 11 is 4.72. The molecular weight excluding hydrogens is 329 g/mol. The zero-order chi connectivity index (χ0) is 13.3. The van der Waals surface area contributed by atoms with Gasteiger partial charge in [0.25, 0.3) is 0 Å². The third-order valence-electron chi connectivity index (χ3n) is 2.46. The average Bonchev–Trinajstić information content (AvgIpc) is 2.74. The SMILES string of the molecule is NNC(c1cc(F)c(F)c(F)c1)c1cscc1Br. The van der Waals surface area contributed by atoms with Crippen LogP contribution < -0.4 is 11.3 Å². The first-order valence-corrected chi connectivity index (χ1v) is 6.60. The van der Waals surface area contributed by atoms with Crippen LogP contribution in [0, 0.1) is 17.5 Å². The number of benzene rings is 1. The van der Waals surface area contributed by atoms with Gasteiger partial charge < -0.3 is 0 Å². The molecule has 0 fully saturated rings. The summed E-state index contributed by atoms with van der Waals surface area (Å²) < 4.78 is 40.0. The minimum absolute atomic E-state index is 0.216. The summed E-state index contributed by atoms with van der Waals surface area (Å²) in [6, 6.07) is 1.23. The molecule has 0 amide bonds. The van der Waals surface area contributed by atoms with Crippen LogP contribution in [0.1, 0.15) is 17.2 Å². The third kappa shape index (κ3) is 2.44. The highest BCUT2D eigenvalue weighted by atomic mass is 79.9. The Labute approximate surface area is 114 Å². The fourth-order valence-electron chi connectivity index (χ4n) is 1.60. The van der Waals surface area contributed by atoms with E-state index < -0.39 is 23.5 Å². The van der Waals surface area contributed by atoms with Crippen LogP contribution in [-0.4, -0.2) is 0 Å².